The largest absolute Gasteiger partial charge is 0.478 e. The van der Waals surface area contributed by atoms with Crippen molar-refractivity contribution < 1.29 is 14.6 Å². The van der Waals surface area contributed by atoms with E-state index in [1.807, 2.05) is 4.90 Å². The second kappa shape index (κ2) is 4.94. The first-order valence-corrected chi connectivity index (χ1v) is 5.30. The third-order valence-electron chi connectivity index (χ3n) is 2.54. The van der Waals surface area contributed by atoms with Crippen molar-refractivity contribution in [3.05, 3.63) is 23.9 Å². The zero-order valence-electron chi connectivity index (χ0n) is 8.93. The van der Waals surface area contributed by atoms with Crippen LogP contribution in [0.1, 0.15) is 16.8 Å². The standard InChI is InChI=1S/C11H14N2O3/c14-11(15)9-3-1-4-12-10(9)13-5-2-7-16-8-6-13/h1,3-4H,2,5-8H2,(H,14,15). The maximum Gasteiger partial charge on any atom is 0.339 e. The minimum Gasteiger partial charge on any atom is -0.478 e. The van der Waals surface area contributed by atoms with Crippen molar-refractivity contribution in [3.8, 4) is 0 Å². The molecule has 0 aromatic carbocycles. The number of ether oxygens (including phenoxy) is 1. The molecule has 0 bridgehead atoms. The van der Waals surface area contributed by atoms with E-state index in [0.717, 1.165) is 19.6 Å². The SMILES string of the molecule is O=C(O)c1cccnc1N1CCCOCC1. The number of aromatic nitrogens is 1. The highest BCUT2D eigenvalue weighted by Crippen LogP contribution is 2.18. The Bertz CT molecular complexity index is 373. The molecular formula is C11H14N2O3. The van der Waals surface area contributed by atoms with Gasteiger partial charge in [0, 0.05) is 25.9 Å². The van der Waals surface area contributed by atoms with Gasteiger partial charge in [-0.25, -0.2) is 9.78 Å². The maximum absolute atomic E-state index is 11.1. The van der Waals surface area contributed by atoms with Crippen LogP contribution < -0.4 is 4.90 Å². The van der Waals surface area contributed by atoms with Crippen LogP contribution in [0.4, 0.5) is 5.82 Å². The summed E-state index contributed by atoms with van der Waals surface area (Å²) in [6.45, 7) is 2.83. The third kappa shape index (κ3) is 2.30. The molecule has 5 heteroatoms. The van der Waals surface area contributed by atoms with Crippen LogP contribution in [0.3, 0.4) is 0 Å². The van der Waals surface area contributed by atoms with Gasteiger partial charge >= 0.3 is 5.97 Å². The zero-order valence-corrected chi connectivity index (χ0v) is 8.93. The van der Waals surface area contributed by atoms with Gasteiger partial charge in [-0.3, -0.25) is 0 Å². The number of pyridine rings is 1. The van der Waals surface area contributed by atoms with Gasteiger partial charge in [0.25, 0.3) is 0 Å². The first kappa shape index (κ1) is 10.9. The molecule has 1 N–H and O–H groups in total. The van der Waals surface area contributed by atoms with Crippen molar-refractivity contribution in [2.24, 2.45) is 0 Å². The van der Waals surface area contributed by atoms with Gasteiger partial charge in [0.05, 0.1) is 6.61 Å². The molecule has 16 heavy (non-hydrogen) atoms. The number of anilines is 1. The lowest BCUT2D eigenvalue weighted by Crippen LogP contribution is -2.28. The molecule has 1 fully saturated rings. The van der Waals surface area contributed by atoms with E-state index >= 15 is 0 Å². The Kier molecular flexibility index (Phi) is 3.36. The Morgan fingerprint density at radius 3 is 3.12 bits per heavy atom. The van der Waals surface area contributed by atoms with E-state index in [4.69, 9.17) is 9.84 Å². The summed E-state index contributed by atoms with van der Waals surface area (Å²) in [5.41, 5.74) is 0.254. The molecule has 1 aliphatic heterocycles. The predicted molar refractivity (Wildman–Crippen MR) is 58.8 cm³/mol. The van der Waals surface area contributed by atoms with Gasteiger partial charge < -0.3 is 14.7 Å². The van der Waals surface area contributed by atoms with Gasteiger partial charge in [-0.2, -0.15) is 0 Å². The quantitative estimate of drug-likeness (QED) is 0.809. The number of carbonyl (C=O) groups is 1. The van der Waals surface area contributed by atoms with Gasteiger partial charge in [-0.05, 0) is 18.6 Å². The van der Waals surface area contributed by atoms with Gasteiger partial charge in [-0.1, -0.05) is 0 Å². The van der Waals surface area contributed by atoms with Crippen molar-refractivity contribution in [2.75, 3.05) is 31.2 Å². The van der Waals surface area contributed by atoms with Crippen LogP contribution >= 0.6 is 0 Å². The van der Waals surface area contributed by atoms with Crippen LogP contribution in [0, 0.1) is 0 Å². The smallest absolute Gasteiger partial charge is 0.339 e. The van der Waals surface area contributed by atoms with E-state index < -0.39 is 5.97 Å². The first-order chi connectivity index (χ1) is 7.79. The molecule has 86 valence electrons. The summed E-state index contributed by atoms with van der Waals surface area (Å²) in [4.78, 5) is 17.2. The molecule has 1 aromatic rings. The number of rotatable bonds is 2. The Morgan fingerprint density at radius 2 is 2.31 bits per heavy atom. The number of carboxylic acid groups (broad SMARTS) is 1. The van der Waals surface area contributed by atoms with Gasteiger partial charge in [0.1, 0.15) is 11.4 Å². The van der Waals surface area contributed by atoms with Crippen LogP contribution in [0.2, 0.25) is 0 Å². The fraction of sp³-hybridized carbons (Fsp3) is 0.455. The Morgan fingerprint density at radius 1 is 1.44 bits per heavy atom. The zero-order chi connectivity index (χ0) is 11.4. The van der Waals surface area contributed by atoms with Crippen molar-refractivity contribution in [1.82, 2.24) is 4.98 Å². The molecular weight excluding hydrogens is 208 g/mol. The molecule has 0 spiro atoms. The summed E-state index contributed by atoms with van der Waals surface area (Å²) in [7, 11) is 0. The van der Waals surface area contributed by atoms with Gasteiger partial charge in [0.2, 0.25) is 0 Å². The number of hydrogen-bond acceptors (Lipinski definition) is 4. The van der Waals surface area contributed by atoms with Crippen LogP contribution in [0.25, 0.3) is 0 Å². The van der Waals surface area contributed by atoms with Crippen molar-refractivity contribution in [3.63, 3.8) is 0 Å². The minimum absolute atomic E-state index is 0.254. The molecule has 1 aromatic heterocycles. The molecule has 0 atom stereocenters. The number of nitrogens with zero attached hydrogens (tertiary/aromatic N) is 2. The Hall–Kier alpha value is -1.62. The Labute approximate surface area is 93.7 Å². The molecule has 5 nitrogen and oxygen atoms in total. The number of aromatic carboxylic acids is 1. The van der Waals surface area contributed by atoms with E-state index in [-0.39, 0.29) is 5.56 Å². The molecule has 0 amide bonds. The molecule has 0 aliphatic carbocycles. The fourth-order valence-electron chi connectivity index (χ4n) is 1.77. The highest BCUT2D eigenvalue weighted by molar-refractivity contribution is 5.93. The first-order valence-electron chi connectivity index (χ1n) is 5.30. The monoisotopic (exact) mass is 222 g/mol. The van der Waals surface area contributed by atoms with E-state index in [2.05, 4.69) is 4.98 Å². The molecule has 1 saturated heterocycles. The average molecular weight is 222 g/mol. The van der Waals surface area contributed by atoms with Gasteiger partial charge in [-0.15, -0.1) is 0 Å². The lowest BCUT2D eigenvalue weighted by molar-refractivity contribution is 0.0697. The topological polar surface area (TPSA) is 62.7 Å². The Balaban J connectivity index is 2.27. The van der Waals surface area contributed by atoms with E-state index in [9.17, 15) is 4.79 Å². The number of carboxylic acids is 1. The van der Waals surface area contributed by atoms with Crippen LogP contribution in [0.15, 0.2) is 18.3 Å². The lowest BCUT2D eigenvalue weighted by atomic mass is 10.2. The van der Waals surface area contributed by atoms with Crippen molar-refractivity contribution >= 4 is 11.8 Å². The molecule has 1 aliphatic rings. The van der Waals surface area contributed by atoms with E-state index in [0.29, 0.717) is 19.0 Å². The minimum atomic E-state index is -0.937. The lowest BCUT2D eigenvalue weighted by Gasteiger charge is -2.21. The second-order valence-electron chi connectivity index (χ2n) is 3.63. The summed E-state index contributed by atoms with van der Waals surface area (Å²) in [6, 6.07) is 3.22. The highest BCUT2D eigenvalue weighted by atomic mass is 16.5. The third-order valence-corrected chi connectivity index (χ3v) is 2.54. The van der Waals surface area contributed by atoms with E-state index in [1.165, 1.54) is 0 Å². The summed E-state index contributed by atoms with van der Waals surface area (Å²) in [5, 5.41) is 9.07. The summed E-state index contributed by atoms with van der Waals surface area (Å²) in [5.74, 6) is -0.395. The second-order valence-corrected chi connectivity index (χ2v) is 3.63. The van der Waals surface area contributed by atoms with Crippen LogP contribution in [0.5, 0.6) is 0 Å². The average Bonchev–Trinajstić information content (AvgIpc) is 2.57. The highest BCUT2D eigenvalue weighted by Gasteiger charge is 2.18. The van der Waals surface area contributed by atoms with Crippen LogP contribution in [-0.4, -0.2) is 42.4 Å². The van der Waals surface area contributed by atoms with Crippen LogP contribution in [-0.2, 0) is 4.74 Å². The molecule has 2 rings (SSSR count). The number of hydrogen-bond donors (Lipinski definition) is 1. The summed E-state index contributed by atoms with van der Waals surface area (Å²) < 4.78 is 5.33. The predicted octanol–water partition coefficient (Wildman–Crippen LogP) is 1.01. The molecule has 0 saturated carbocycles. The normalized spacial score (nSPS) is 16.9. The van der Waals surface area contributed by atoms with Gasteiger partial charge in [0.15, 0.2) is 0 Å². The van der Waals surface area contributed by atoms with Crippen molar-refractivity contribution in [1.29, 1.82) is 0 Å². The molecule has 2 heterocycles. The van der Waals surface area contributed by atoms with Crippen molar-refractivity contribution in [2.45, 2.75) is 6.42 Å². The van der Waals surface area contributed by atoms with E-state index in [1.54, 1.807) is 18.3 Å². The maximum atomic E-state index is 11.1. The summed E-state index contributed by atoms with van der Waals surface area (Å²) in [6.07, 6.45) is 2.52. The molecule has 0 radical (unpaired) electrons. The summed E-state index contributed by atoms with van der Waals surface area (Å²) >= 11 is 0. The fourth-order valence-corrected chi connectivity index (χ4v) is 1.77. The molecule has 0 unspecified atom stereocenters.